The molecule has 2 heterocycles. The monoisotopic (exact) mass is 339 g/mol. The first-order valence-electron chi connectivity index (χ1n) is 8.17. The summed E-state index contributed by atoms with van der Waals surface area (Å²) in [6.45, 7) is 2.95. The van der Waals surface area contributed by atoms with Crippen LogP contribution in [0.4, 0.5) is 0 Å². The molecule has 1 N–H and O–H groups in total. The standard InChI is InChI=1S/C19H18ClN3O/c1-12-6-2-3-10-16(12)23-18(15-9-5-11-21-15)22-14-8-4-7-13(20)17(14)19(23)24/h2-4,6-8,10,15,21H,5,9,11H2,1H3. The third-order valence-electron chi connectivity index (χ3n) is 4.60. The number of benzene rings is 2. The molecule has 4 nitrogen and oxygen atoms in total. The summed E-state index contributed by atoms with van der Waals surface area (Å²) in [5, 5.41) is 4.37. The van der Waals surface area contributed by atoms with Crippen molar-refractivity contribution in [2.24, 2.45) is 0 Å². The Morgan fingerprint density at radius 3 is 2.79 bits per heavy atom. The summed E-state index contributed by atoms with van der Waals surface area (Å²) in [6.07, 6.45) is 2.06. The number of para-hydroxylation sites is 1. The highest BCUT2D eigenvalue weighted by atomic mass is 35.5. The van der Waals surface area contributed by atoms with Crippen LogP contribution in [0, 0.1) is 6.92 Å². The van der Waals surface area contributed by atoms with Gasteiger partial charge in [0.25, 0.3) is 5.56 Å². The Morgan fingerprint density at radius 1 is 1.21 bits per heavy atom. The second-order valence-electron chi connectivity index (χ2n) is 6.18. The Labute approximate surface area is 145 Å². The average molecular weight is 340 g/mol. The number of fused-ring (bicyclic) bond motifs is 1. The van der Waals surface area contributed by atoms with Crippen LogP contribution in [-0.4, -0.2) is 16.1 Å². The fraction of sp³-hybridized carbons (Fsp3) is 0.263. The van der Waals surface area contributed by atoms with Gasteiger partial charge in [-0.15, -0.1) is 0 Å². The summed E-state index contributed by atoms with van der Waals surface area (Å²) in [4.78, 5) is 18.1. The summed E-state index contributed by atoms with van der Waals surface area (Å²) in [6, 6.07) is 13.4. The first-order valence-corrected chi connectivity index (χ1v) is 8.55. The van der Waals surface area contributed by atoms with Crippen LogP contribution in [-0.2, 0) is 0 Å². The number of rotatable bonds is 2. The van der Waals surface area contributed by atoms with Gasteiger partial charge in [0.2, 0.25) is 0 Å². The van der Waals surface area contributed by atoms with Gasteiger partial charge < -0.3 is 5.32 Å². The lowest BCUT2D eigenvalue weighted by atomic mass is 10.1. The molecule has 0 bridgehead atoms. The lowest BCUT2D eigenvalue weighted by molar-refractivity contribution is 0.583. The van der Waals surface area contributed by atoms with Crippen molar-refractivity contribution in [2.75, 3.05) is 6.54 Å². The Morgan fingerprint density at radius 2 is 2.04 bits per heavy atom. The van der Waals surface area contributed by atoms with E-state index in [-0.39, 0.29) is 11.6 Å². The molecular formula is C19H18ClN3O. The molecule has 0 amide bonds. The molecule has 1 aliphatic rings. The van der Waals surface area contributed by atoms with Crippen molar-refractivity contribution in [3.63, 3.8) is 0 Å². The van der Waals surface area contributed by atoms with E-state index in [1.54, 1.807) is 10.6 Å². The first-order chi connectivity index (χ1) is 11.7. The van der Waals surface area contributed by atoms with Gasteiger partial charge in [-0.1, -0.05) is 35.9 Å². The van der Waals surface area contributed by atoms with Crippen LogP contribution >= 0.6 is 11.6 Å². The quantitative estimate of drug-likeness (QED) is 0.773. The van der Waals surface area contributed by atoms with Crippen LogP contribution in [0.25, 0.3) is 16.6 Å². The molecule has 0 aliphatic carbocycles. The minimum atomic E-state index is -0.108. The van der Waals surface area contributed by atoms with Gasteiger partial charge in [-0.05, 0) is 50.1 Å². The predicted octanol–water partition coefficient (Wildman–Crippen LogP) is 3.77. The van der Waals surface area contributed by atoms with Crippen LogP contribution in [0.3, 0.4) is 0 Å². The lowest BCUT2D eigenvalue weighted by Gasteiger charge is -2.19. The summed E-state index contributed by atoms with van der Waals surface area (Å²) in [7, 11) is 0. The van der Waals surface area contributed by atoms with Crippen molar-refractivity contribution in [1.29, 1.82) is 0 Å². The summed E-state index contributed by atoms with van der Waals surface area (Å²) in [5.74, 6) is 0.765. The highest BCUT2D eigenvalue weighted by Gasteiger charge is 2.24. The second kappa shape index (κ2) is 6.04. The number of hydrogen-bond acceptors (Lipinski definition) is 3. The molecule has 2 aromatic carbocycles. The van der Waals surface area contributed by atoms with Gasteiger partial charge in [-0.2, -0.15) is 0 Å². The molecule has 1 fully saturated rings. The number of nitrogens with zero attached hydrogens (tertiary/aromatic N) is 2. The van der Waals surface area contributed by atoms with Gasteiger partial charge in [0.05, 0.1) is 27.7 Å². The maximum atomic E-state index is 13.3. The normalized spacial score (nSPS) is 17.5. The number of hydrogen-bond donors (Lipinski definition) is 1. The molecule has 4 rings (SSSR count). The molecular weight excluding hydrogens is 322 g/mol. The Kier molecular flexibility index (Phi) is 3.87. The van der Waals surface area contributed by atoms with E-state index in [1.165, 1.54) is 0 Å². The molecule has 0 spiro atoms. The highest BCUT2D eigenvalue weighted by Crippen LogP contribution is 2.27. The van der Waals surface area contributed by atoms with E-state index in [0.717, 1.165) is 36.5 Å². The van der Waals surface area contributed by atoms with Gasteiger partial charge >= 0.3 is 0 Å². The summed E-state index contributed by atoms with van der Waals surface area (Å²) < 4.78 is 1.73. The van der Waals surface area contributed by atoms with Crippen molar-refractivity contribution >= 4 is 22.5 Å². The molecule has 0 radical (unpaired) electrons. The largest absolute Gasteiger partial charge is 0.307 e. The Bertz CT molecular complexity index is 974. The van der Waals surface area contributed by atoms with Crippen LogP contribution < -0.4 is 10.9 Å². The number of aromatic nitrogens is 2. The summed E-state index contributed by atoms with van der Waals surface area (Å²) in [5.41, 5.74) is 2.44. The van der Waals surface area contributed by atoms with Gasteiger partial charge in [0.15, 0.2) is 0 Å². The number of halogens is 1. The highest BCUT2D eigenvalue weighted by molar-refractivity contribution is 6.35. The van der Waals surface area contributed by atoms with Crippen molar-refractivity contribution in [3.8, 4) is 5.69 Å². The third-order valence-corrected chi connectivity index (χ3v) is 4.92. The molecule has 5 heteroatoms. The SMILES string of the molecule is Cc1ccccc1-n1c(C2CCCN2)nc2cccc(Cl)c2c1=O. The van der Waals surface area contributed by atoms with Crippen molar-refractivity contribution in [1.82, 2.24) is 14.9 Å². The minimum absolute atomic E-state index is 0.0840. The van der Waals surface area contributed by atoms with E-state index in [2.05, 4.69) is 5.32 Å². The van der Waals surface area contributed by atoms with Crippen molar-refractivity contribution in [3.05, 3.63) is 69.2 Å². The molecule has 1 aromatic heterocycles. The van der Waals surface area contributed by atoms with Crippen LogP contribution in [0.5, 0.6) is 0 Å². The van der Waals surface area contributed by atoms with Gasteiger partial charge in [0.1, 0.15) is 5.82 Å². The van der Waals surface area contributed by atoms with E-state index in [1.807, 2.05) is 43.3 Å². The fourth-order valence-electron chi connectivity index (χ4n) is 3.39. The zero-order valence-electron chi connectivity index (χ0n) is 13.4. The van der Waals surface area contributed by atoms with Gasteiger partial charge in [-0.25, -0.2) is 4.98 Å². The molecule has 1 aliphatic heterocycles. The molecule has 1 unspecified atom stereocenters. The van der Waals surface area contributed by atoms with Crippen LogP contribution in [0.2, 0.25) is 5.02 Å². The predicted molar refractivity (Wildman–Crippen MR) is 97.1 cm³/mol. The maximum Gasteiger partial charge on any atom is 0.267 e. The van der Waals surface area contributed by atoms with E-state index in [9.17, 15) is 4.79 Å². The molecule has 24 heavy (non-hydrogen) atoms. The lowest BCUT2D eigenvalue weighted by Crippen LogP contribution is -2.29. The van der Waals surface area contributed by atoms with Crippen LogP contribution in [0.15, 0.2) is 47.3 Å². The third kappa shape index (κ3) is 2.43. The second-order valence-corrected chi connectivity index (χ2v) is 6.59. The van der Waals surface area contributed by atoms with Crippen molar-refractivity contribution in [2.45, 2.75) is 25.8 Å². The van der Waals surface area contributed by atoms with E-state index in [0.29, 0.717) is 15.9 Å². The number of aryl methyl sites for hydroxylation is 1. The molecule has 1 saturated heterocycles. The fourth-order valence-corrected chi connectivity index (χ4v) is 3.64. The first kappa shape index (κ1) is 15.4. The molecule has 3 aromatic rings. The van der Waals surface area contributed by atoms with Crippen LogP contribution in [0.1, 0.15) is 30.3 Å². The van der Waals surface area contributed by atoms with E-state index >= 15 is 0 Å². The molecule has 0 saturated carbocycles. The number of nitrogens with one attached hydrogen (secondary N) is 1. The zero-order chi connectivity index (χ0) is 16.7. The molecule has 122 valence electrons. The average Bonchev–Trinajstić information content (AvgIpc) is 3.10. The van der Waals surface area contributed by atoms with Crippen molar-refractivity contribution < 1.29 is 0 Å². The van der Waals surface area contributed by atoms with Gasteiger partial charge in [-0.3, -0.25) is 9.36 Å². The van der Waals surface area contributed by atoms with E-state index < -0.39 is 0 Å². The maximum absolute atomic E-state index is 13.3. The topological polar surface area (TPSA) is 46.9 Å². The Hall–Kier alpha value is -2.17. The Balaban J connectivity index is 2.10. The van der Waals surface area contributed by atoms with Gasteiger partial charge in [0, 0.05) is 0 Å². The molecule has 1 atom stereocenters. The smallest absolute Gasteiger partial charge is 0.267 e. The van der Waals surface area contributed by atoms with E-state index in [4.69, 9.17) is 16.6 Å². The summed E-state index contributed by atoms with van der Waals surface area (Å²) >= 11 is 6.30. The minimum Gasteiger partial charge on any atom is -0.307 e. The zero-order valence-corrected chi connectivity index (χ0v) is 14.2.